The molecule has 0 bridgehead atoms. The zero-order chi connectivity index (χ0) is 22.9. The predicted octanol–water partition coefficient (Wildman–Crippen LogP) is 6.15. The van der Waals surface area contributed by atoms with Crippen LogP contribution in [-0.2, 0) is 38.5 Å². The van der Waals surface area contributed by atoms with Crippen molar-refractivity contribution in [1.29, 1.82) is 0 Å². The number of hydrogen-bond donors (Lipinski definition) is 0. The van der Waals surface area contributed by atoms with Gasteiger partial charge in [-0.25, -0.2) is 0 Å². The van der Waals surface area contributed by atoms with Crippen LogP contribution in [0.2, 0.25) is 5.02 Å². The third-order valence-electron chi connectivity index (χ3n) is 5.46. The molecule has 5 heteroatoms. The van der Waals surface area contributed by atoms with Gasteiger partial charge in [0, 0.05) is 11.9 Å². The smallest absolute Gasteiger partial charge is 0.302 e. The lowest BCUT2D eigenvalue weighted by atomic mass is 9.93. The molecule has 0 N–H and O–H groups in total. The van der Waals surface area contributed by atoms with E-state index in [0.29, 0.717) is 18.2 Å². The molecule has 0 unspecified atom stereocenters. The van der Waals surface area contributed by atoms with Crippen molar-refractivity contribution in [3.05, 3.63) is 94.0 Å². The van der Waals surface area contributed by atoms with Crippen LogP contribution in [0.3, 0.4) is 0 Å². The van der Waals surface area contributed by atoms with E-state index in [1.54, 1.807) is 6.08 Å². The first kappa shape index (κ1) is 24.2. The van der Waals surface area contributed by atoms with E-state index in [1.807, 2.05) is 12.1 Å². The molecule has 0 amide bonds. The summed E-state index contributed by atoms with van der Waals surface area (Å²) in [4.78, 5) is 11.2. The Kier molecular flexibility index (Phi) is 9.10. The molecule has 0 saturated heterocycles. The van der Waals surface area contributed by atoms with Crippen molar-refractivity contribution in [3.63, 3.8) is 0 Å². The van der Waals surface area contributed by atoms with Crippen LogP contribution in [0.15, 0.2) is 61.2 Å². The number of carbonyl (C=O) groups excluding carboxylic acids is 1. The minimum atomic E-state index is -0.314. The van der Waals surface area contributed by atoms with Gasteiger partial charge in [-0.05, 0) is 53.1 Å². The summed E-state index contributed by atoms with van der Waals surface area (Å²) in [7, 11) is 0. The maximum atomic E-state index is 11.2. The van der Waals surface area contributed by atoms with Crippen LogP contribution in [0.1, 0.15) is 54.2 Å². The second-order valence-electron chi connectivity index (χ2n) is 7.92. The van der Waals surface area contributed by atoms with Crippen molar-refractivity contribution in [1.82, 2.24) is 0 Å². The molecule has 2 atom stereocenters. The van der Waals surface area contributed by atoms with E-state index < -0.39 is 0 Å². The summed E-state index contributed by atoms with van der Waals surface area (Å²) in [6.07, 6.45) is 7.80. The van der Waals surface area contributed by atoms with Gasteiger partial charge in [-0.1, -0.05) is 67.1 Å². The molecule has 1 aliphatic heterocycles. The van der Waals surface area contributed by atoms with E-state index in [0.717, 1.165) is 36.0 Å². The quantitative estimate of drug-likeness (QED) is 0.245. The molecule has 0 saturated carbocycles. The molecule has 2 aromatic rings. The number of esters is 1. The molecule has 1 heterocycles. The molecule has 32 heavy (non-hydrogen) atoms. The maximum Gasteiger partial charge on any atom is 0.302 e. The molecule has 0 radical (unpaired) electrons. The van der Waals surface area contributed by atoms with Crippen molar-refractivity contribution in [2.45, 2.75) is 51.9 Å². The highest BCUT2D eigenvalue weighted by Crippen LogP contribution is 2.34. The van der Waals surface area contributed by atoms with Crippen molar-refractivity contribution in [2.24, 2.45) is 0 Å². The normalized spacial score (nSPS) is 17.8. The van der Waals surface area contributed by atoms with Gasteiger partial charge in [0.25, 0.3) is 0 Å². The van der Waals surface area contributed by atoms with E-state index in [2.05, 4.69) is 49.9 Å². The van der Waals surface area contributed by atoms with Crippen LogP contribution in [0.5, 0.6) is 0 Å². The fraction of sp³-hybridized carbons (Fsp3) is 0.370. The van der Waals surface area contributed by atoms with Gasteiger partial charge in [0.1, 0.15) is 12.7 Å². The zero-order valence-corrected chi connectivity index (χ0v) is 19.6. The standard InChI is InChI=1S/C27H31ClO4/c1-4-13-30-17-23-16-26(28)22(14-21-11-9-20(5-2)10-12-21)15-25(23)27-8-6-7-24(32-27)18-31-19(3)29/h4,6-7,9-12,15-16,24,27H,1,5,8,13-14,17-18H2,2-3H3/t24-,27+/m1/s1. The Morgan fingerprint density at radius 1 is 1.22 bits per heavy atom. The van der Waals surface area contributed by atoms with E-state index in [9.17, 15) is 4.79 Å². The number of aryl methyl sites for hydroxylation is 1. The molecule has 0 aliphatic carbocycles. The van der Waals surface area contributed by atoms with Crippen LogP contribution in [0.25, 0.3) is 0 Å². The Morgan fingerprint density at radius 2 is 1.97 bits per heavy atom. The number of carbonyl (C=O) groups is 1. The van der Waals surface area contributed by atoms with Crippen LogP contribution < -0.4 is 0 Å². The third-order valence-corrected chi connectivity index (χ3v) is 5.82. The summed E-state index contributed by atoms with van der Waals surface area (Å²) in [5, 5.41) is 0.716. The molecule has 1 aliphatic rings. The Hall–Kier alpha value is -2.40. The molecule has 0 spiro atoms. The van der Waals surface area contributed by atoms with E-state index >= 15 is 0 Å². The highest BCUT2D eigenvalue weighted by molar-refractivity contribution is 6.31. The molecular weight excluding hydrogens is 424 g/mol. The maximum absolute atomic E-state index is 11.2. The minimum absolute atomic E-state index is 0.165. The molecule has 4 nitrogen and oxygen atoms in total. The molecule has 0 fully saturated rings. The molecule has 170 valence electrons. The number of ether oxygens (including phenoxy) is 3. The van der Waals surface area contributed by atoms with Gasteiger partial charge >= 0.3 is 5.97 Å². The minimum Gasteiger partial charge on any atom is -0.463 e. The second kappa shape index (κ2) is 12.0. The lowest BCUT2D eigenvalue weighted by molar-refractivity contribution is -0.145. The summed E-state index contributed by atoms with van der Waals surface area (Å²) in [5.41, 5.74) is 5.62. The van der Waals surface area contributed by atoms with Gasteiger partial charge in [0.15, 0.2) is 0 Å². The first-order chi connectivity index (χ1) is 15.5. The summed E-state index contributed by atoms with van der Waals surface area (Å²) < 4.78 is 17.1. The Morgan fingerprint density at radius 3 is 2.66 bits per heavy atom. The van der Waals surface area contributed by atoms with Crippen molar-refractivity contribution < 1.29 is 19.0 Å². The van der Waals surface area contributed by atoms with Crippen molar-refractivity contribution >= 4 is 17.6 Å². The predicted molar refractivity (Wildman–Crippen MR) is 128 cm³/mol. The zero-order valence-electron chi connectivity index (χ0n) is 18.8. The van der Waals surface area contributed by atoms with Crippen molar-refractivity contribution in [2.75, 3.05) is 13.2 Å². The molecular formula is C27H31ClO4. The Labute approximate surface area is 195 Å². The second-order valence-corrected chi connectivity index (χ2v) is 8.33. The van der Waals surface area contributed by atoms with Gasteiger partial charge in [0.05, 0.1) is 19.3 Å². The van der Waals surface area contributed by atoms with E-state index in [-0.39, 0.29) is 24.8 Å². The summed E-state index contributed by atoms with van der Waals surface area (Å²) in [5.74, 6) is -0.314. The highest BCUT2D eigenvalue weighted by atomic mass is 35.5. The molecule has 0 aromatic heterocycles. The Balaban J connectivity index is 1.86. The monoisotopic (exact) mass is 454 g/mol. The number of hydrogen-bond acceptors (Lipinski definition) is 4. The fourth-order valence-corrected chi connectivity index (χ4v) is 4.02. The third kappa shape index (κ3) is 6.80. The largest absolute Gasteiger partial charge is 0.463 e. The highest BCUT2D eigenvalue weighted by Gasteiger charge is 2.24. The summed E-state index contributed by atoms with van der Waals surface area (Å²) >= 11 is 6.69. The van der Waals surface area contributed by atoms with Crippen LogP contribution in [0, 0.1) is 0 Å². The summed E-state index contributed by atoms with van der Waals surface area (Å²) in [6.45, 7) is 8.35. The SMILES string of the molecule is C=CCOCc1cc(Cl)c(Cc2ccc(CC)cc2)cc1[C@@H]1CC=C[C@H](COC(C)=O)O1. The van der Waals surface area contributed by atoms with Gasteiger partial charge in [-0.2, -0.15) is 0 Å². The first-order valence-corrected chi connectivity index (χ1v) is 11.4. The lowest BCUT2D eigenvalue weighted by Gasteiger charge is -2.28. The number of rotatable bonds is 10. The van der Waals surface area contributed by atoms with E-state index in [4.69, 9.17) is 25.8 Å². The lowest BCUT2D eigenvalue weighted by Crippen LogP contribution is -2.25. The van der Waals surface area contributed by atoms with Gasteiger partial charge in [0.2, 0.25) is 0 Å². The van der Waals surface area contributed by atoms with Crippen LogP contribution in [0.4, 0.5) is 0 Å². The van der Waals surface area contributed by atoms with Crippen LogP contribution >= 0.6 is 11.6 Å². The Bertz CT molecular complexity index is 949. The van der Waals surface area contributed by atoms with Gasteiger partial charge < -0.3 is 14.2 Å². The number of benzene rings is 2. The van der Waals surface area contributed by atoms with Crippen LogP contribution in [-0.4, -0.2) is 25.3 Å². The number of halogens is 1. The molecule has 2 aromatic carbocycles. The van der Waals surface area contributed by atoms with E-state index in [1.165, 1.54) is 18.1 Å². The van der Waals surface area contributed by atoms with Gasteiger partial charge in [-0.15, -0.1) is 6.58 Å². The van der Waals surface area contributed by atoms with Gasteiger partial charge in [-0.3, -0.25) is 4.79 Å². The fourth-order valence-electron chi connectivity index (χ4n) is 3.76. The van der Waals surface area contributed by atoms with Crippen molar-refractivity contribution in [3.8, 4) is 0 Å². The first-order valence-electron chi connectivity index (χ1n) is 11.0. The topological polar surface area (TPSA) is 44.8 Å². The molecule has 3 rings (SSSR count). The average Bonchev–Trinajstić information content (AvgIpc) is 2.80. The average molecular weight is 455 g/mol. The summed E-state index contributed by atoms with van der Waals surface area (Å²) in [6, 6.07) is 12.8.